The molecular weight excluding hydrogens is 226 g/mol. The van der Waals surface area contributed by atoms with E-state index in [4.69, 9.17) is 10.5 Å². The van der Waals surface area contributed by atoms with Crippen LogP contribution in [0.2, 0.25) is 0 Å². The minimum absolute atomic E-state index is 0.0634. The van der Waals surface area contributed by atoms with Gasteiger partial charge in [0.15, 0.2) is 0 Å². The predicted molar refractivity (Wildman–Crippen MR) is 76.9 cm³/mol. The summed E-state index contributed by atoms with van der Waals surface area (Å²) in [5.74, 6) is 0. The van der Waals surface area contributed by atoms with Crippen LogP contribution in [-0.4, -0.2) is 67.3 Å². The normalized spacial score (nSPS) is 22.7. The van der Waals surface area contributed by atoms with Gasteiger partial charge in [0.2, 0.25) is 0 Å². The van der Waals surface area contributed by atoms with Crippen LogP contribution in [0.25, 0.3) is 0 Å². The molecule has 0 radical (unpaired) electrons. The summed E-state index contributed by atoms with van der Waals surface area (Å²) in [6, 6.07) is 0. The minimum atomic E-state index is 0.0634. The van der Waals surface area contributed by atoms with Crippen molar-refractivity contribution in [3.63, 3.8) is 0 Å². The number of nitrogens with two attached hydrogens (primary N) is 1. The van der Waals surface area contributed by atoms with Crippen LogP contribution in [0, 0.1) is 0 Å². The lowest BCUT2D eigenvalue weighted by atomic mass is 10.0. The Balaban J connectivity index is 2.54. The summed E-state index contributed by atoms with van der Waals surface area (Å²) in [5.41, 5.74) is 5.97. The molecular formula is C14H31N3O. The van der Waals surface area contributed by atoms with Gasteiger partial charge in [0.05, 0.1) is 12.7 Å². The molecule has 18 heavy (non-hydrogen) atoms. The number of ether oxygens (including phenoxy) is 1. The lowest BCUT2D eigenvalue weighted by molar-refractivity contribution is -0.0544. The maximum atomic E-state index is 5.90. The number of nitrogens with zero attached hydrogens (tertiary/aromatic N) is 2. The molecule has 1 atom stereocenters. The molecule has 1 fully saturated rings. The second-order valence-electron chi connectivity index (χ2n) is 5.85. The topological polar surface area (TPSA) is 41.7 Å². The van der Waals surface area contributed by atoms with Crippen LogP contribution < -0.4 is 5.73 Å². The third-order valence-electron chi connectivity index (χ3n) is 3.94. The summed E-state index contributed by atoms with van der Waals surface area (Å²) >= 11 is 0. The van der Waals surface area contributed by atoms with Crippen molar-refractivity contribution in [3.8, 4) is 0 Å². The highest BCUT2D eigenvalue weighted by Gasteiger charge is 2.29. The zero-order chi connectivity index (χ0) is 13.6. The second kappa shape index (κ2) is 7.43. The summed E-state index contributed by atoms with van der Waals surface area (Å²) in [6.07, 6.45) is 1.49. The third kappa shape index (κ3) is 4.50. The van der Waals surface area contributed by atoms with Gasteiger partial charge >= 0.3 is 0 Å². The van der Waals surface area contributed by atoms with Gasteiger partial charge in [0.25, 0.3) is 0 Å². The van der Waals surface area contributed by atoms with Crippen molar-refractivity contribution in [2.45, 2.75) is 45.8 Å². The Morgan fingerprint density at radius 1 is 1.39 bits per heavy atom. The van der Waals surface area contributed by atoms with Gasteiger partial charge in [-0.05, 0) is 33.4 Å². The van der Waals surface area contributed by atoms with E-state index in [0.29, 0.717) is 12.6 Å². The fraction of sp³-hybridized carbons (Fsp3) is 1.00. The molecule has 0 aliphatic carbocycles. The highest BCUT2D eigenvalue weighted by molar-refractivity contribution is 4.85. The number of rotatable bonds is 7. The lowest BCUT2D eigenvalue weighted by Crippen LogP contribution is -2.55. The van der Waals surface area contributed by atoms with Crippen LogP contribution in [0.3, 0.4) is 0 Å². The molecule has 1 aliphatic rings. The van der Waals surface area contributed by atoms with E-state index in [9.17, 15) is 0 Å². The zero-order valence-electron chi connectivity index (χ0n) is 12.6. The first-order valence-corrected chi connectivity index (χ1v) is 7.32. The fourth-order valence-corrected chi connectivity index (χ4v) is 2.46. The number of hydrogen-bond acceptors (Lipinski definition) is 4. The Labute approximate surface area is 112 Å². The van der Waals surface area contributed by atoms with Crippen molar-refractivity contribution < 1.29 is 4.74 Å². The molecule has 1 heterocycles. The average molecular weight is 257 g/mol. The summed E-state index contributed by atoms with van der Waals surface area (Å²) < 4.78 is 5.90. The van der Waals surface area contributed by atoms with Crippen molar-refractivity contribution in [1.29, 1.82) is 0 Å². The van der Waals surface area contributed by atoms with Gasteiger partial charge in [-0.15, -0.1) is 0 Å². The van der Waals surface area contributed by atoms with Crippen LogP contribution in [0.5, 0.6) is 0 Å². The Morgan fingerprint density at radius 3 is 2.67 bits per heavy atom. The predicted octanol–water partition coefficient (Wildman–Crippen LogP) is 1.16. The molecule has 4 heteroatoms. The molecule has 1 aliphatic heterocycles. The zero-order valence-corrected chi connectivity index (χ0v) is 12.6. The Bertz CT molecular complexity index is 233. The smallest absolute Gasteiger partial charge is 0.0829 e. The molecule has 2 N–H and O–H groups in total. The van der Waals surface area contributed by atoms with E-state index in [2.05, 4.69) is 37.5 Å². The van der Waals surface area contributed by atoms with Crippen molar-refractivity contribution in [2.24, 2.45) is 5.73 Å². The highest BCUT2D eigenvalue weighted by atomic mass is 16.5. The van der Waals surface area contributed by atoms with Gasteiger partial charge in [-0.2, -0.15) is 0 Å². The SMILES string of the molecule is CCCN(CC1CN(CC)CCO1)C(C)(C)CN. The number of morpholine rings is 1. The van der Waals surface area contributed by atoms with E-state index in [1.807, 2.05) is 0 Å². The van der Waals surface area contributed by atoms with Crippen molar-refractivity contribution in [3.05, 3.63) is 0 Å². The quantitative estimate of drug-likeness (QED) is 0.743. The molecule has 108 valence electrons. The molecule has 4 nitrogen and oxygen atoms in total. The van der Waals surface area contributed by atoms with E-state index in [1.54, 1.807) is 0 Å². The van der Waals surface area contributed by atoms with Gasteiger partial charge in [-0.1, -0.05) is 13.8 Å². The number of hydrogen-bond donors (Lipinski definition) is 1. The molecule has 0 aromatic carbocycles. The molecule has 0 bridgehead atoms. The third-order valence-corrected chi connectivity index (χ3v) is 3.94. The van der Waals surface area contributed by atoms with Crippen molar-refractivity contribution in [1.82, 2.24) is 9.80 Å². The fourth-order valence-electron chi connectivity index (χ4n) is 2.46. The van der Waals surface area contributed by atoms with Crippen LogP contribution in [-0.2, 0) is 4.74 Å². The maximum Gasteiger partial charge on any atom is 0.0829 e. The van der Waals surface area contributed by atoms with Crippen LogP contribution in [0.15, 0.2) is 0 Å². The van der Waals surface area contributed by atoms with Crippen LogP contribution in [0.1, 0.15) is 34.1 Å². The molecule has 1 rings (SSSR count). The Kier molecular flexibility index (Phi) is 6.57. The first kappa shape index (κ1) is 15.9. The minimum Gasteiger partial charge on any atom is -0.374 e. The molecule has 0 aromatic heterocycles. The molecule has 1 unspecified atom stereocenters. The number of likely N-dealkylation sites (N-methyl/N-ethyl adjacent to an activating group) is 1. The van der Waals surface area contributed by atoms with E-state index >= 15 is 0 Å². The standard InChI is InChI=1S/C14H31N3O/c1-5-7-17(14(3,4)12-15)11-13-10-16(6-2)8-9-18-13/h13H,5-12,15H2,1-4H3. The van der Waals surface area contributed by atoms with Crippen LogP contribution >= 0.6 is 0 Å². The molecule has 1 saturated heterocycles. The van der Waals surface area contributed by atoms with E-state index < -0.39 is 0 Å². The highest BCUT2D eigenvalue weighted by Crippen LogP contribution is 2.16. The van der Waals surface area contributed by atoms with Crippen LogP contribution in [0.4, 0.5) is 0 Å². The Hall–Kier alpha value is -0.160. The summed E-state index contributed by atoms with van der Waals surface area (Å²) in [7, 11) is 0. The van der Waals surface area contributed by atoms with E-state index in [1.165, 1.54) is 0 Å². The summed E-state index contributed by atoms with van der Waals surface area (Å²) in [4.78, 5) is 4.95. The van der Waals surface area contributed by atoms with Crippen molar-refractivity contribution in [2.75, 3.05) is 45.9 Å². The summed E-state index contributed by atoms with van der Waals surface area (Å²) in [6.45, 7) is 15.8. The van der Waals surface area contributed by atoms with E-state index in [0.717, 1.165) is 45.8 Å². The van der Waals surface area contributed by atoms with Crippen molar-refractivity contribution >= 4 is 0 Å². The van der Waals surface area contributed by atoms with E-state index in [-0.39, 0.29) is 5.54 Å². The van der Waals surface area contributed by atoms with Gasteiger partial charge in [-0.3, -0.25) is 9.80 Å². The second-order valence-corrected chi connectivity index (χ2v) is 5.85. The largest absolute Gasteiger partial charge is 0.374 e. The van der Waals surface area contributed by atoms with Gasteiger partial charge < -0.3 is 10.5 Å². The molecule has 0 amide bonds. The molecule has 0 aromatic rings. The average Bonchev–Trinajstić information content (AvgIpc) is 2.38. The first-order chi connectivity index (χ1) is 8.53. The van der Waals surface area contributed by atoms with Gasteiger partial charge in [0.1, 0.15) is 0 Å². The molecule has 0 saturated carbocycles. The van der Waals surface area contributed by atoms with Gasteiger partial charge in [-0.25, -0.2) is 0 Å². The summed E-state index contributed by atoms with van der Waals surface area (Å²) in [5, 5.41) is 0. The lowest BCUT2D eigenvalue weighted by Gasteiger charge is -2.42. The van der Waals surface area contributed by atoms with Gasteiger partial charge in [0, 0.05) is 31.7 Å². The Morgan fingerprint density at radius 2 is 2.11 bits per heavy atom. The first-order valence-electron chi connectivity index (χ1n) is 7.32. The monoisotopic (exact) mass is 257 g/mol. The maximum absolute atomic E-state index is 5.90. The molecule has 0 spiro atoms.